The van der Waals surface area contributed by atoms with E-state index in [4.69, 9.17) is 11.0 Å². The van der Waals surface area contributed by atoms with Crippen LogP contribution in [0.4, 0.5) is 0 Å². The average molecular weight is 211 g/mol. The van der Waals surface area contributed by atoms with E-state index >= 15 is 0 Å². The third-order valence-electron chi connectivity index (χ3n) is 2.54. The van der Waals surface area contributed by atoms with E-state index in [2.05, 4.69) is 6.07 Å². The van der Waals surface area contributed by atoms with Gasteiger partial charge in [-0.05, 0) is 17.7 Å². The van der Waals surface area contributed by atoms with E-state index in [0.717, 1.165) is 0 Å². The highest BCUT2D eigenvalue weighted by atomic mass is 15.2. The quantitative estimate of drug-likeness (QED) is 0.810. The molecule has 0 spiro atoms. The van der Waals surface area contributed by atoms with Crippen LogP contribution < -0.4 is 5.73 Å². The van der Waals surface area contributed by atoms with Crippen LogP contribution in [0.15, 0.2) is 54.4 Å². The summed E-state index contributed by atoms with van der Waals surface area (Å²) in [6.07, 6.45) is 5.54. The zero-order valence-electron chi connectivity index (χ0n) is 8.88. The van der Waals surface area contributed by atoms with Crippen molar-refractivity contribution in [1.29, 1.82) is 5.26 Å². The molecule has 0 fully saturated rings. The van der Waals surface area contributed by atoms with Crippen LogP contribution in [0.25, 0.3) is 0 Å². The van der Waals surface area contributed by atoms with Crippen LogP contribution in [0, 0.1) is 11.3 Å². The van der Waals surface area contributed by atoms with Gasteiger partial charge in [-0.3, -0.25) is 0 Å². The summed E-state index contributed by atoms with van der Waals surface area (Å²) in [4.78, 5) is 1.94. The fraction of sp³-hybridized carbons (Fsp3) is 0.154. The highest BCUT2D eigenvalue weighted by Gasteiger charge is 2.19. The van der Waals surface area contributed by atoms with Gasteiger partial charge in [-0.25, -0.2) is 0 Å². The minimum atomic E-state index is -0.356. The van der Waals surface area contributed by atoms with E-state index in [9.17, 15) is 0 Å². The lowest BCUT2D eigenvalue weighted by Crippen LogP contribution is -2.35. The molecule has 0 amide bonds. The predicted molar refractivity (Wildman–Crippen MR) is 62.8 cm³/mol. The number of hydrogen-bond acceptors (Lipinski definition) is 3. The van der Waals surface area contributed by atoms with Crippen molar-refractivity contribution in [2.24, 2.45) is 5.73 Å². The smallest absolute Gasteiger partial charge is 0.156 e. The third-order valence-corrected chi connectivity index (χ3v) is 2.54. The van der Waals surface area contributed by atoms with Gasteiger partial charge in [0.1, 0.15) is 0 Å². The molecule has 1 unspecified atom stereocenters. The molecular weight excluding hydrogens is 198 g/mol. The van der Waals surface area contributed by atoms with Crippen molar-refractivity contribution >= 4 is 0 Å². The largest absolute Gasteiger partial charge is 0.399 e. The van der Waals surface area contributed by atoms with Gasteiger partial charge >= 0.3 is 0 Å². The van der Waals surface area contributed by atoms with Gasteiger partial charge in [0.2, 0.25) is 0 Å². The standard InChI is InChI=1S/C13H13N3/c14-9-13-12(15)7-4-8-16(13)10-11-5-2-1-3-6-11/h1-8,13H,10,15H2. The fourth-order valence-corrected chi connectivity index (χ4v) is 1.72. The minimum Gasteiger partial charge on any atom is -0.399 e. The SMILES string of the molecule is N#CC1C(N)=CC=CN1Cc1ccccc1. The molecule has 1 heterocycles. The second-order valence-corrected chi connectivity index (χ2v) is 3.70. The molecule has 3 heteroatoms. The van der Waals surface area contributed by atoms with Crippen LogP contribution in [-0.4, -0.2) is 10.9 Å². The molecular formula is C13H13N3. The fourth-order valence-electron chi connectivity index (χ4n) is 1.72. The lowest BCUT2D eigenvalue weighted by molar-refractivity contribution is 0.341. The second-order valence-electron chi connectivity index (χ2n) is 3.70. The van der Waals surface area contributed by atoms with Crippen LogP contribution in [0.5, 0.6) is 0 Å². The van der Waals surface area contributed by atoms with Gasteiger partial charge in [-0.1, -0.05) is 30.3 Å². The molecule has 1 aliphatic heterocycles. The summed E-state index contributed by atoms with van der Waals surface area (Å²) >= 11 is 0. The van der Waals surface area contributed by atoms with Crippen LogP contribution in [0.1, 0.15) is 5.56 Å². The number of benzene rings is 1. The lowest BCUT2D eigenvalue weighted by atomic mass is 10.1. The maximum Gasteiger partial charge on any atom is 0.156 e. The van der Waals surface area contributed by atoms with Crippen molar-refractivity contribution in [3.8, 4) is 6.07 Å². The lowest BCUT2D eigenvalue weighted by Gasteiger charge is -2.28. The Morgan fingerprint density at radius 2 is 2.06 bits per heavy atom. The maximum absolute atomic E-state index is 9.06. The number of hydrogen-bond donors (Lipinski definition) is 1. The monoisotopic (exact) mass is 211 g/mol. The van der Waals surface area contributed by atoms with E-state index in [1.54, 1.807) is 6.08 Å². The summed E-state index contributed by atoms with van der Waals surface area (Å²) in [5.41, 5.74) is 7.55. The molecule has 0 saturated carbocycles. The molecule has 0 aliphatic carbocycles. The number of nitriles is 1. The van der Waals surface area contributed by atoms with Gasteiger partial charge in [0.05, 0.1) is 6.07 Å². The van der Waals surface area contributed by atoms with E-state index in [0.29, 0.717) is 12.2 Å². The Morgan fingerprint density at radius 3 is 2.75 bits per heavy atom. The maximum atomic E-state index is 9.06. The van der Waals surface area contributed by atoms with E-state index in [1.165, 1.54) is 5.56 Å². The van der Waals surface area contributed by atoms with Crippen molar-refractivity contribution in [2.45, 2.75) is 12.6 Å². The Hall–Kier alpha value is -2.21. The first-order valence-electron chi connectivity index (χ1n) is 5.14. The second kappa shape index (κ2) is 4.54. The van der Waals surface area contributed by atoms with Gasteiger partial charge in [-0.2, -0.15) is 5.26 Å². The highest BCUT2D eigenvalue weighted by Crippen LogP contribution is 2.15. The van der Waals surface area contributed by atoms with Crippen molar-refractivity contribution in [2.75, 3.05) is 0 Å². The number of nitrogens with two attached hydrogens (primary N) is 1. The van der Waals surface area contributed by atoms with Gasteiger partial charge in [0.25, 0.3) is 0 Å². The summed E-state index contributed by atoms with van der Waals surface area (Å²) in [7, 11) is 0. The van der Waals surface area contributed by atoms with Crippen LogP contribution in [0.3, 0.4) is 0 Å². The first-order chi connectivity index (χ1) is 7.81. The molecule has 0 saturated heterocycles. The Bertz CT molecular complexity index is 454. The molecule has 80 valence electrons. The Labute approximate surface area is 95.1 Å². The first-order valence-corrected chi connectivity index (χ1v) is 5.14. The molecule has 1 atom stereocenters. The predicted octanol–water partition coefficient (Wildman–Crippen LogP) is 1.75. The zero-order chi connectivity index (χ0) is 11.4. The summed E-state index contributed by atoms with van der Waals surface area (Å²) in [5.74, 6) is 0. The molecule has 2 rings (SSSR count). The van der Waals surface area contributed by atoms with E-state index in [-0.39, 0.29) is 6.04 Å². The van der Waals surface area contributed by atoms with Crippen molar-refractivity contribution in [3.05, 3.63) is 59.9 Å². The molecule has 1 aliphatic rings. The summed E-state index contributed by atoms with van der Waals surface area (Å²) < 4.78 is 0. The molecule has 2 N–H and O–H groups in total. The van der Waals surface area contributed by atoms with Gasteiger partial charge in [0, 0.05) is 18.4 Å². The Morgan fingerprint density at radius 1 is 1.31 bits per heavy atom. The van der Waals surface area contributed by atoms with Crippen molar-refractivity contribution in [3.63, 3.8) is 0 Å². The first kappa shape index (κ1) is 10.3. The summed E-state index contributed by atoms with van der Waals surface area (Å²) in [6, 6.07) is 11.9. The summed E-state index contributed by atoms with van der Waals surface area (Å²) in [5, 5.41) is 9.06. The van der Waals surface area contributed by atoms with Crippen LogP contribution >= 0.6 is 0 Å². The Balaban J connectivity index is 2.14. The van der Waals surface area contributed by atoms with E-state index < -0.39 is 0 Å². The highest BCUT2D eigenvalue weighted by molar-refractivity contribution is 5.28. The topological polar surface area (TPSA) is 53.1 Å². The molecule has 0 aromatic heterocycles. The minimum absolute atomic E-state index is 0.356. The average Bonchev–Trinajstić information content (AvgIpc) is 2.31. The number of nitrogens with zero attached hydrogens (tertiary/aromatic N) is 2. The van der Waals surface area contributed by atoms with Crippen molar-refractivity contribution in [1.82, 2.24) is 4.90 Å². The molecule has 1 aromatic rings. The normalized spacial score (nSPS) is 19.1. The van der Waals surface area contributed by atoms with E-state index in [1.807, 2.05) is 47.5 Å². The third kappa shape index (κ3) is 2.06. The molecule has 16 heavy (non-hydrogen) atoms. The number of allylic oxidation sites excluding steroid dienone is 2. The van der Waals surface area contributed by atoms with Gasteiger partial charge < -0.3 is 10.6 Å². The summed E-state index contributed by atoms with van der Waals surface area (Å²) in [6.45, 7) is 0.699. The molecule has 1 aromatic carbocycles. The van der Waals surface area contributed by atoms with Crippen molar-refractivity contribution < 1.29 is 0 Å². The molecule has 3 nitrogen and oxygen atoms in total. The molecule has 0 bridgehead atoms. The van der Waals surface area contributed by atoms with Gasteiger partial charge in [0.15, 0.2) is 6.04 Å². The van der Waals surface area contributed by atoms with Gasteiger partial charge in [-0.15, -0.1) is 0 Å². The molecule has 0 radical (unpaired) electrons. The van der Waals surface area contributed by atoms with Crippen LogP contribution in [0.2, 0.25) is 0 Å². The zero-order valence-corrected chi connectivity index (χ0v) is 8.88. The van der Waals surface area contributed by atoms with Crippen LogP contribution in [-0.2, 0) is 6.54 Å². The Kier molecular flexibility index (Phi) is 2.93. The number of rotatable bonds is 2.